The van der Waals surface area contributed by atoms with Crippen molar-refractivity contribution in [3.63, 3.8) is 0 Å². The lowest BCUT2D eigenvalue weighted by Gasteiger charge is -2.38. The minimum atomic E-state index is -4.32. The maximum absolute atomic E-state index is 12.9. The second kappa shape index (κ2) is 10.6. The first-order valence-electron chi connectivity index (χ1n) is 11.7. The quantitative estimate of drug-likeness (QED) is 0.379. The number of rotatable bonds is 7. The molecule has 0 radical (unpaired) electrons. The summed E-state index contributed by atoms with van der Waals surface area (Å²) in [6, 6.07) is 3.90. The zero-order valence-corrected chi connectivity index (χ0v) is 18.5. The molecule has 164 valence electrons. The van der Waals surface area contributed by atoms with Gasteiger partial charge in [-0.2, -0.15) is 13.2 Å². The van der Waals surface area contributed by atoms with Crippen molar-refractivity contribution in [2.45, 2.75) is 102 Å². The molecule has 2 aliphatic rings. The summed E-state index contributed by atoms with van der Waals surface area (Å²) in [5, 5.41) is 0.284. The molecular formula is C25H36ClF3. The number of hydrogen-bond acceptors (Lipinski definition) is 0. The van der Waals surface area contributed by atoms with Gasteiger partial charge in [-0.05, 0) is 79.9 Å². The molecule has 2 saturated carbocycles. The second-order valence-electron chi connectivity index (χ2n) is 9.48. The Kier molecular flexibility index (Phi) is 8.36. The van der Waals surface area contributed by atoms with Crippen molar-refractivity contribution in [2.75, 3.05) is 0 Å². The Labute approximate surface area is 179 Å². The van der Waals surface area contributed by atoms with Gasteiger partial charge >= 0.3 is 6.18 Å². The van der Waals surface area contributed by atoms with Crippen LogP contribution in [0, 0.1) is 17.8 Å². The Morgan fingerprint density at radius 2 is 1.48 bits per heavy atom. The highest BCUT2D eigenvalue weighted by Crippen LogP contribution is 2.46. The fourth-order valence-corrected chi connectivity index (χ4v) is 6.08. The second-order valence-corrected chi connectivity index (χ2v) is 9.88. The van der Waals surface area contributed by atoms with Crippen molar-refractivity contribution in [2.24, 2.45) is 17.8 Å². The van der Waals surface area contributed by atoms with Crippen molar-refractivity contribution in [3.05, 3.63) is 34.3 Å². The maximum atomic E-state index is 12.9. The van der Waals surface area contributed by atoms with Crippen molar-refractivity contribution in [1.29, 1.82) is 0 Å². The monoisotopic (exact) mass is 428 g/mol. The van der Waals surface area contributed by atoms with Crippen LogP contribution in [0.1, 0.15) is 107 Å². The third-order valence-corrected chi connectivity index (χ3v) is 7.89. The highest BCUT2D eigenvalue weighted by molar-refractivity contribution is 6.31. The average Bonchev–Trinajstić information content (AvgIpc) is 2.71. The number of hydrogen-bond donors (Lipinski definition) is 0. The van der Waals surface area contributed by atoms with Gasteiger partial charge in [-0.15, -0.1) is 0 Å². The molecule has 0 N–H and O–H groups in total. The van der Waals surface area contributed by atoms with E-state index in [4.69, 9.17) is 11.6 Å². The van der Waals surface area contributed by atoms with E-state index in [1.54, 1.807) is 6.07 Å². The van der Waals surface area contributed by atoms with Gasteiger partial charge < -0.3 is 0 Å². The predicted octanol–water partition coefficient (Wildman–Crippen LogP) is 9.41. The molecule has 0 spiro atoms. The number of alkyl halides is 3. The number of benzene rings is 1. The molecule has 0 nitrogen and oxygen atoms in total. The summed E-state index contributed by atoms with van der Waals surface area (Å²) < 4.78 is 38.6. The summed E-state index contributed by atoms with van der Waals surface area (Å²) in [6.45, 7) is 2.27. The maximum Gasteiger partial charge on any atom is 0.416 e. The highest BCUT2D eigenvalue weighted by atomic mass is 35.5. The molecule has 2 fully saturated rings. The molecule has 0 heterocycles. The van der Waals surface area contributed by atoms with E-state index < -0.39 is 11.7 Å². The van der Waals surface area contributed by atoms with Crippen LogP contribution in [0.25, 0.3) is 0 Å². The molecule has 0 amide bonds. The third kappa shape index (κ3) is 6.39. The Morgan fingerprint density at radius 3 is 2.03 bits per heavy atom. The molecule has 0 aliphatic heterocycles. The summed E-state index contributed by atoms with van der Waals surface area (Å²) in [7, 11) is 0. The summed E-state index contributed by atoms with van der Waals surface area (Å²) in [5.41, 5.74) is 0.264. The first kappa shape index (κ1) is 23.0. The van der Waals surface area contributed by atoms with E-state index in [-0.39, 0.29) is 5.02 Å². The molecule has 2 aliphatic carbocycles. The van der Waals surface area contributed by atoms with Gasteiger partial charge in [-0.1, -0.05) is 69.5 Å². The van der Waals surface area contributed by atoms with Crippen molar-refractivity contribution in [3.8, 4) is 0 Å². The first-order valence-corrected chi connectivity index (χ1v) is 12.1. The lowest BCUT2D eigenvalue weighted by atomic mass is 9.68. The minimum absolute atomic E-state index is 0.284. The van der Waals surface area contributed by atoms with E-state index in [2.05, 4.69) is 6.92 Å². The van der Waals surface area contributed by atoms with Crippen molar-refractivity contribution in [1.82, 2.24) is 0 Å². The molecule has 1 aromatic rings. The van der Waals surface area contributed by atoms with Gasteiger partial charge in [-0.3, -0.25) is 0 Å². The normalized spacial score (nSPS) is 28.4. The Hall–Kier alpha value is -0.700. The van der Waals surface area contributed by atoms with Gasteiger partial charge in [-0.25, -0.2) is 0 Å². The topological polar surface area (TPSA) is 0 Å². The van der Waals surface area contributed by atoms with Gasteiger partial charge in [0.25, 0.3) is 0 Å². The Bertz CT molecular complexity index is 623. The van der Waals surface area contributed by atoms with E-state index in [0.29, 0.717) is 5.92 Å². The van der Waals surface area contributed by atoms with E-state index in [1.807, 2.05) is 0 Å². The van der Waals surface area contributed by atoms with Crippen LogP contribution < -0.4 is 0 Å². The van der Waals surface area contributed by atoms with E-state index in [9.17, 15) is 13.2 Å². The molecule has 0 atom stereocenters. The molecular weight excluding hydrogens is 393 g/mol. The Balaban J connectivity index is 1.44. The molecule has 29 heavy (non-hydrogen) atoms. The van der Waals surface area contributed by atoms with Crippen LogP contribution in [0.3, 0.4) is 0 Å². The highest BCUT2D eigenvalue weighted by Gasteiger charge is 2.34. The first-order chi connectivity index (χ1) is 13.9. The zero-order valence-electron chi connectivity index (χ0n) is 17.7. The van der Waals surface area contributed by atoms with Crippen molar-refractivity contribution < 1.29 is 13.2 Å². The van der Waals surface area contributed by atoms with Gasteiger partial charge in [0, 0.05) is 5.02 Å². The van der Waals surface area contributed by atoms with Crippen LogP contribution in [0.5, 0.6) is 0 Å². The fraction of sp³-hybridized carbons (Fsp3) is 0.760. The minimum Gasteiger partial charge on any atom is -0.166 e. The van der Waals surface area contributed by atoms with Crippen LogP contribution in [0.15, 0.2) is 18.2 Å². The standard InChI is InChI=1S/C25H36ClF3/c1-2-3-4-5-6-18-7-9-19(10-8-18)20-11-13-21(14-12-20)23-16-15-22(17-24(23)26)25(27,28)29/h15-21H,2-14H2,1H3. The van der Waals surface area contributed by atoms with Crippen LogP contribution >= 0.6 is 11.6 Å². The van der Waals surface area contributed by atoms with Crippen molar-refractivity contribution >= 4 is 11.6 Å². The van der Waals surface area contributed by atoms with Crippen LogP contribution in [-0.4, -0.2) is 0 Å². The van der Waals surface area contributed by atoms with Gasteiger partial charge in [0.05, 0.1) is 5.56 Å². The summed E-state index contributed by atoms with van der Waals surface area (Å²) in [5.74, 6) is 2.94. The molecule has 4 heteroatoms. The molecule has 0 unspecified atom stereocenters. The SMILES string of the molecule is CCCCCCC1CCC(C2CCC(c3ccc(C(F)(F)F)cc3Cl)CC2)CC1. The van der Waals surface area contributed by atoms with Crippen LogP contribution in [0.4, 0.5) is 13.2 Å². The number of unbranched alkanes of at least 4 members (excludes halogenated alkanes) is 3. The summed E-state index contributed by atoms with van der Waals surface area (Å²) in [4.78, 5) is 0. The molecule has 0 aromatic heterocycles. The largest absolute Gasteiger partial charge is 0.416 e. The number of halogens is 4. The molecule has 0 bridgehead atoms. The third-order valence-electron chi connectivity index (χ3n) is 7.56. The average molecular weight is 429 g/mol. The fourth-order valence-electron chi connectivity index (χ4n) is 5.74. The predicted molar refractivity (Wildman–Crippen MR) is 115 cm³/mol. The Morgan fingerprint density at radius 1 is 0.862 bits per heavy atom. The summed E-state index contributed by atoms with van der Waals surface area (Å²) in [6.07, 6.45) is 12.7. The zero-order chi connectivity index (χ0) is 20.9. The van der Waals surface area contributed by atoms with Gasteiger partial charge in [0.1, 0.15) is 0 Å². The lowest BCUT2D eigenvalue weighted by molar-refractivity contribution is -0.137. The smallest absolute Gasteiger partial charge is 0.166 e. The molecule has 0 saturated heterocycles. The van der Waals surface area contributed by atoms with Gasteiger partial charge in [0.2, 0.25) is 0 Å². The van der Waals surface area contributed by atoms with E-state index in [1.165, 1.54) is 76.7 Å². The lowest BCUT2D eigenvalue weighted by Crippen LogP contribution is -2.25. The van der Waals surface area contributed by atoms with Crippen LogP contribution in [0.2, 0.25) is 5.02 Å². The summed E-state index contributed by atoms with van der Waals surface area (Å²) >= 11 is 6.23. The van der Waals surface area contributed by atoms with E-state index >= 15 is 0 Å². The molecule has 3 rings (SSSR count). The van der Waals surface area contributed by atoms with Crippen LogP contribution in [-0.2, 0) is 6.18 Å². The van der Waals surface area contributed by atoms with Gasteiger partial charge in [0.15, 0.2) is 0 Å². The van der Waals surface area contributed by atoms with E-state index in [0.717, 1.165) is 42.2 Å². The molecule has 1 aromatic carbocycles.